The van der Waals surface area contributed by atoms with Crippen LogP contribution in [0.4, 0.5) is 17.6 Å². The van der Waals surface area contributed by atoms with Crippen molar-refractivity contribution < 1.29 is 46.5 Å². The van der Waals surface area contributed by atoms with Gasteiger partial charge in [-0.25, -0.2) is 9.37 Å². The van der Waals surface area contributed by atoms with Gasteiger partial charge >= 0.3 is 6.18 Å². The Bertz CT molecular complexity index is 1790. The number of alkyl halides is 3. The maximum absolute atomic E-state index is 14.8. The third kappa shape index (κ3) is 5.66. The molecule has 0 spiro atoms. The maximum Gasteiger partial charge on any atom is 0.424 e. The highest BCUT2D eigenvalue weighted by atomic mass is 19.4. The molecule has 46 heavy (non-hydrogen) atoms. The van der Waals surface area contributed by atoms with Gasteiger partial charge in [0.2, 0.25) is 11.5 Å². The highest BCUT2D eigenvalue weighted by molar-refractivity contribution is 5.95. The number of nitrogens with one attached hydrogen (secondary N) is 1. The first kappa shape index (κ1) is 31.1. The molecule has 2 heterocycles. The summed E-state index contributed by atoms with van der Waals surface area (Å²) in [4.78, 5) is 29.7. The van der Waals surface area contributed by atoms with Crippen LogP contribution >= 0.6 is 0 Å². The van der Waals surface area contributed by atoms with Gasteiger partial charge in [-0.1, -0.05) is 0 Å². The van der Waals surface area contributed by atoms with E-state index in [1.807, 2.05) is 0 Å². The zero-order valence-electron chi connectivity index (χ0n) is 24.4. The second-order valence-electron chi connectivity index (χ2n) is 11.9. The number of carbonyl (C=O) groups is 2. The van der Waals surface area contributed by atoms with Gasteiger partial charge in [-0.15, -0.1) is 0 Å². The maximum atomic E-state index is 14.8. The number of aromatic nitrogens is 1. The highest BCUT2D eigenvalue weighted by Crippen LogP contribution is 2.48. The van der Waals surface area contributed by atoms with Crippen LogP contribution in [0, 0.1) is 17.1 Å². The first-order chi connectivity index (χ1) is 21.7. The molecule has 10 nitrogen and oxygen atoms in total. The molecular formula is C32H28F4N4O6. The lowest BCUT2D eigenvalue weighted by Gasteiger charge is -2.31. The molecule has 1 aliphatic heterocycles. The monoisotopic (exact) mass is 640 g/mol. The van der Waals surface area contributed by atoms with Crippen LogP contribution in [0.5, 0.6) is 17.2 Å². The van der Waals surface area contributed by atoms with Gasteiger partial charge in [-0.3, -0.25) is 9.59 Å². The number of fused-ring (bicyclic) bond motifs is 1. The number of carbonyl (C=O) groups excluding carboxylic acids is 2. The van der Waals surface area contributed by atoms with Crippen molar-refractivity contribution in [2.75, 3.05) is 13.2 Å². The Balaban J connectivity index is 1.38. The Labute approximate surface area is 260 Å². The lowest BCUT2D eigenvalue weighted by Crippen LogP contribution is -2.51. The molecule has 0 saturated heterocycles. The minimum atomic E-state index is -5.40. The fraction of sp³-hybridized carbons (Fsp3) is 0.375. The van der Waals surface area contributed by atoms with Crippen LogP contribution in [-0.2, 0) is 15.8 Å². The van der Waals surface area contributed by atoms with Crippen molar-refractivity contribution in [1.29, 1.82) is 5.26 Å². The topological polar surface area (TPSA) is 157 Å². The molecule has 0 unspecified atom stereocenters. The van der Waals surface area contributed by atoms with Gasteiger partial charge in [0.1, 0.15) is 35.4 Å². The summed E-state index contributed by atoms with van der Waals surface area (Å²) in [6.07, 6.45) is -2.00. The highest BCUT2D eigenvalue weighted by Gasteiger charge is 2.57. The Morgan fingerprint density at radius 2 is 1.78 bits per heavy atom. The van der Waals surface area contributed by atoms with E-state index < -0.39 is 52.6 Å². The van der Waals surface area contributed by atoms with Gasteiger partial charge in [0, 0.05) is 16.7 Å². The molecule has 4 N–H and O–H groups in total. The number of pyridine rings is 1. The van der Waals surface area contributed by atoms with Gasteiger partial charge in [-0.2, -0.15) is 18.4 Å². The number of ether oxygens (including phenoxy) is 3. The fourth-order valence-corrected chi connectivity index (χ4v) is 4.97. The minimum Gasteiger partial charge on any atom is -0.489 e. The van der Waals surface area contributed by atoms with Crippen molar-refractivity contribution >= 4 is 11.8 Å². The van der Waals surface area contributed by atoms with Gasteiger partial charge in [0.05, 0.1) is 30.0 Å². The van der Waals surface area contributed by atoms with E-state index in [1.54, 1.807) is 6.07 Å². The Morgan fingerprint density at radius 3 is 2.39 bits per heavy atom. The molecule has 3 aromatic rings. The van der Waals surface area contributed by atoms with Crippen LogP contribution in [-0.4, -0.2) is 53.4 Å². The van der Waals surface area contributed by atoms with E-state index in [4.69, 9.17) is 19.9 Å². The molecule has 2 aliphatic carbocycles. The van der Waals surface area contributed by atoms with Crippen LogP contribution in [0.1, 0.15) is 59.8 Å². The molecule has 0 bridgehead atoms. The number of amides is 2. The number of aliphatic hydroxyl groups is 1. The van der Waals surface area contributed by atoms with Crippen molar-refractivity contribution in [3.05, 3.63) is 70.7 Å². The van der Waals surface area contributed by atoms with Crippen LogP contribution in [0.25, 0.3) is 11.3 Å². The van der Waals surface area contributed by atoms with E-state index in [-0.39, 0.29) is 46.9 Å². The third-order valence-corrected chi connectivity index (χ3v) is 8.22. The fourth-order valence-electron chi connectivity index (χ4n) is 4.97. The van der Waals surface area contributed by atoms with Crippen LogP contribution in [0.15, 0.2) is 42.5 Å². The van der Waals surface area contributed by atoms with E-state index in [2.05, 4.69) is 10.3 Å². The van der Waals surface area contributed by atoms with Crippen molar-refractivity contribution in [2.24, 2.45) is 5.73 Å². The number of nitrogens with zero attached hydrogens (tertiary/aromatic N) is 2. The Morgan fingerprint density at radius 1 is 1.11 bits per heavy atom. The number of rotatable bonds is 10. The lowest BCUT2D eigenvalue weighted by atomic mass is 9.81. The normalized spacial score (nSPS) is 20.1. The summed E-state index contributed by atoms with van der Waals surface area (Å²) in [6, 6.07) is 9.91. The predicted octanol–water partition coefficient (Wildman–Crippen LogP) is 4.16. The average molecular weight is 641 g/mol. The molecule has 240 valence electrons. The number of benzene rings is 2. The number of halogens is 4. The van der Waals surface area contributed by atoms with E-state index >= 15 is 0 Å². The van der Waals surface area contributed by atoms with Crippen molar-refractivity contribution in [3.63, 3.8) is 0 Å². The summed E-state index contributed by atoms with van der Waals surface area (Å²) in [5, 5.41) is 22.8. The SMILES string of the molecule is C[C@]1(C(N)=O)COc2c1cc([C@@](O)(CNC(=O)c1ccc(OC3CC3)c(OC3CC3)c1)C(F)(F)F)nc2-c1ccc(F)c(C#N)c1. The summed E-state index contributed by atoms with van der Waals surface area (Å²) in [7, 11) is 0. The summed E-state index contributed by atoms with van der Waals surface area (Å²) in [5.74, 6) is -2.15. The van der Waals surface area contributed by atoms with Crippen molar-refractivity contribution in [2.45, 2.75) is 62.0 Å². The van der Waals surface area contributed by atoms with Crippen molar-refractivity contribution in [1.82, 2.24) is 10.3 Å². The zero-order chi connectivity index (χ0) is 33.0. The predicted molar refractivity (Wildman–Crippen MR) is 152 cm³/mol. The number of hydrogen-bond acceptors (Lipinski definition) is 8. The number of primary amides is 1. The summed E-state index contributed by atoms with van der Waals surface area (Å²) >= 11 is 0. The second kappa shape index (κ2) is 11.2. The molecule has 6 rings (SSSR count). The van der Waals surface area contributed by atoms with Gasteiger partial charge in [0.25, 0.3) is 5.91 Å². The molecule has 2 atom stereocenters. The minimum absolute atomic E-state index is 0.0185. The molecule has 2 fully saturated rings. The first-order valence-electron chi connectivity index (χ1n) is 14.5. The van der Waals surface area contributed by atoms with E-state index in [1.165, 1.54) is 25.1 Å². The van der Waals surface area contributed by atoms with E-state index in [0.29, 0.717) is 11.5 Å². The first-order valence-corrected chi connectivity index (χ1v) is 14.5. The Kier molecular flexibility index (Phi) is 7.55. The molecule has 14 heteroatoms. The quantitative estimate of drug-likeness (QED) is 0.279. The number of nitriles is 1. The molecule has 1 aromatic heterocycles. The smallest absolute Gasteiger partial charge is 0.424 e. The van der Waals surface area contributed by atoms with Crippen LogP contribution in [0.3, 0.4) is 0 Å². The lowest BCUT2D eigenvalue weighted by molar-refractivity contribution is -0.265. The van der Waals surface area contributed by atoms with Crippen LogP contribution in [0.2, 0.25) is 0 Å². The Hall–Kier alpha value is -4.90. The molecule has 2 saturated carbocycles. The van der Waals surface area contributed by atoms with Crippen molar-refractivity contribution in [3.8, 4) is 34.6 Å². The summed E-state index contributed by atoms with van der Waals surface area (Å²) in [5.41, 5.74) is -1.67. The van der Waals surface area contributed by atoms with Gasteiger partial charge < -0.3 is 30.4 Å². The molecular weight excluding hydrogens is 612 g/mol. The standard InChI is InChI=1S/C32H28F4N4O6/c1-30(29(38)42)15-44-27-21(30)12-25(40-26(27)16-2-8-22(33)18(10-16)13-37)31(43,32(34,35)36)14-39-28(41)17-3-9-23(45-19-4-5-19)24(11-17)46-20-6-7-20/h2-3,8-12,19-20,43H,4-7,14-15H2,1H3,(H2,38,42)(H,39,41)/t30-,31-/m0/s1. The zero-order valence-corrected chi connectivity index (χ0v) is 24.4. The molecule has 0 radical (unpaired) electrons. The average Bonchev–Trinajstić information content (AvgIpc) is 3.96. The van der Waals surface area contributed by atoms with Gasteiger partial charge in [0.15, 0.2) is 11.5 Å². The largest absolute Gasteiger partial charge is 0.489 e. The summed E-state index contributed by atoms with van der Waals surface area (Å²) < 4.78 is 75.7. The molecule has 2 aromatic carbocycles. The number of nitrogens with two attached hydrogens (primary N) is 1. The third-order valence-electron chi connectivity index (χ3n) is 8.22. The van der Waals surface area contributed by atoms with E-state index in [9.17, 15) is 37.5 Å². The molecule has 2 amide bonds. The molecule has 3 aliphatic rings. The summed E-state index contributed by atoms with van der Waals surface area (Å²) in [6.45, 7) is -0.373. The van der Waals surface area contributed by atoms with E-state index in [0.717, 1.165) is 49.9 Å². The van der Waals surface area contributed by atoms with Crippen LogP contribution < -0.4 is 25.3 Å². The van der Waals surface area contributed by atoms with Gasteiger partial charge in [-0.05, 0) is 75.1 Å². The number of hydrogen-bond donors (Lipinski definition) is 3. The second-order valence-corrected chi connectivity index (χ2v) is 11.9.